The third-order valence-corrected chi connectivity index (χ3v) is 4.37. The molecule has 1 heterocycles. The first-order valence-electron chi connectivity index (χ1n) is 7.61. The van der Waals surface area contributed by atoms with Gasteiger partial charge < -0.3 is 15.1 Å². The van der Waals surface area contributed by atoms with E-state index in [0.29, 0.717) is 13.0 Å². The number of amides is 1. The van der Waals surface area contributed by atoms with Crippen LogP contribution in [0.2, 0.25) is 5.02 Å². The lowest BCUT2D eigenvalue weighted by Gasteiger charge is -2.30. The van der Waals surface area contributed by atoms with E-state index >= 15 is 0 Å². The Labute approximate surface area is 139 Å². The minimum atomic E-state index is -0.511. The molecule has 3 rings (SSSR count). The number of hydrogen-bond acceptors (Lipinski definition) is 3. The van der Waals surface area contributed by atoms with Crippen LogP contribution in [0.4, 0.5) is 0 Å². The molecule has 1 atom stereocenters. The van der Waals surface area contributed by atoms with Crippen LogP contribution in [0.3, 0.4) is 0 Å². The summed E-state index contributed by atoms with van der Waals surface area (Å²) in [5.74, 6) is -0.516. The zero-order valence-electron chi connectivity index (χ0n) is 12.6. The highest BCUT2D eigenvalue weighted by molar-refractivity contribution is 6.33. The van der Waals surface area contributed by atoms with E-state index in [1.807, 2.05) is 30.3 Å². The van der Waals surface area contributed by atoms with E-state index in [0.717, 1.165) is 17.5 Å². The Morgan fingerprint density at radius 1 is 1.17 bits per heavy atom. The van der Waals surface area contributed by atoms with E-state index in [4.69, 9.17) is 11.6 Å². The van der Waals surface area contributed by atoms with Crippen LogP contribution in [0.25, 0.3) is 11.1 Å². The van der Waals surface area contributed by atoms with Gasteiger partial charge in [0.15, 0.2) is 0 Å². The molecule has 0 spiro atoms. The van der Waals surface area contributed by atoms with Crippen molar-refractivity contribution in [2.45, 2.75) is 18.9 Å². The van der Waals surface area contributed by atoms with Crippen molar-refractivity contribution < 1.29 is 15.0 Å². The van der Waals surface area contributed by atoms with Crippen molar-refractivity contribution in [2.24, 2.45) is 0 Å². The molecule has 2 aromatic carbocycles. The summed E-state index contributed by atoms with van der Waals surface area (Å²) in [7, 11) is 0. The number of likely N-dealkylation sites (tertiary alicyclic amines) is 1. The number of rotatable bonds is 2. The van der Waals surface area contributed by atoms with Gasteiger partial charge in [-0.1, -0.05) is 41.9 Å². The minimum absolute atomic E-state index is 0.146. The van der Waals surface area contributed by atoms with Gasteiger partial charge in [-0.3, -0.25) is 4.79 Å². The summed E-state index contributed by atoms with van der Waals surface area (Å²) in [5, 5.41) is 20.1. The first-order valence-corrected chi connectivity index (χ1v) is 7.99. The summed E-state index contributed by atoms with van der Waals surface area (Å²) in [6.45, 7) is 0.855. The van der Waals surface area contributed by atoms with E-state index < -0.39 is 6.10 Å². The maximum atomic E-state index is 12.7. The number of aromatic hydroxyl groups is 1. The molecular weight excluding hydrogens is 314 g/mol. The van der Waals surface area contributed by atoms with Gasteiger partial charge in [-0.2, -0.15) is 0 Å². The summed E-state index contributed by atoms with van der Waals surface area (Å²) in [6.07, 6.45) is 0.933. The van der Waals surface area contributed by atoms with E-state index in [-0.39, 0.29) is 28.8 Å². The number of carbonyl (C=O) groups is 1. The molecule has 1 amide bonds. The number of aliphatic hydroxyl groups excluding tert-OH is 1. The second kappa shape index (κ2) is 6.60. The smallest absolute Gasteiger partial charge is 0.257 e. The van der Waals surface area contributed by atoms with Gasteiger partial charge in [0.25, 0.3) is 5.91 Å². The molecule has 0 aromatic heterocycles. The average Bonchev–Trinajstić information content (AvgIpc) is 2.57. The van der Waals surface area contributed by atoms with Crippen molar-refractivity contribution >= 4 is 17.5 Å². The van der Waals surface area contributed by atoms with Gasteiger partial charge in [-0.05, 0) is 36.1 Å². The first kappa shape index (κ1) is 15.8. The second-order valence-electron chi connectivity index (χ2n) is 5.77. The number of benzene rings is 2. The van der Waals surface area contributed by atoms with Crippen molar-refractivity contribution in [2.75, 3.05) is 13.1 Å². The van der Waals surface area contributed by atoms with Gasteiger partial charge in [-0.25, -0.2) is 0 Å². The van der Waals surface area contributed by atoms with Crippen molar-refractivity contribution in [3.05, 3.63) is 53.1 Å². The van der Waals surface area contributed by atoms with Crippen LogP contribution in [0.15, 0.2) is 42.5 Å². The predicted molar refractivity (Wildman–Crippen MR) is 89.7 cm³/mol. The van der Waals surface area contributed by atoms with Crippen LogP contribution in [0.5, 0.6) is 5.75 Å². The highest BCUT2D eigenvalue weighted by atomic mass is 35.5. The van der Waals surface area contributed by atoms with Crippen LogP contribution >= 0.6 is 11.6 Å². The summed E-state index contributed by atoms with van der Waals surface area (Å²) >= 11 is 6.11. The monoisotopic (exact) mass is 331 g/mol. The number of phenolic OH excluding ortho intramolecular Hbond substituents is 1. The van der Waals surface area contributed by atoms with Gasteiger partial charge in [0.2, 0.25) is 0 Å². The maximum absolute atomic E-state index is 12.7. The normalized spacial score (nSPS) is 18.0. The topological polar surface area (TPSA) is 60.8 Å². The van der Waals surface area contributed by atoms with Gasteiger partial charge in [-0.15, -0.1) is 0 Å². The molecule has 1 aliphatic heterocycles. The Kier molecular flexibility index (Phi) is 4.55. The lowest BCUT2D eigenvalue weighted by Crippen LogP contribution is -2.42. The molecule has 2 aromatic rings. The Hall–Kier alpha value is -2.04. The zero-order chi connectivity index (χ0) is 16.4. The molecule has 2 N–H and O–H groups in total. The Balaban J connectivity index is 1.98. The predicted octanol–water partition coefficient (Wildman–Crippen LogP) is 3.31. The molecule has 23 heavy (non-hydrogen) atoms. The molecule has 0 saturated carbocycles. The van der Waals surface area contributed by atoms with Crippen LogP contribution in [0, 0.1) is 0 Å². The third kappa shape index (κ3) is 3.33. The highest BCUT2D eigenvalue weighted by Crippen LogP contribution is 2.34. The van der Waals surface area contributed by atoms with Gasteiger partial charge in [0, 0.05) is 13.1 Å². The van der Waals surface area contributed by atoms with Crippen LogP contribution < -0.4 is 0 Å². The van der Waals surface area contributed by atoms with Gasteiger partial charge in [0.05, 0.1) is 16.7 Å². The van der Waals surface area contributed by atoms with Gasteiger partial charge >= 0.3 is 0 Å². The number of hydrogen-bond donors (Lipinski definition) is 2. The zero-order valence-corrected chi connectivity index (χ0v) is 13.3. The van der Waals surface area contributed by atoms with Crippen LogP contribution in [-0.4, -0.2) is 40.2 Å². The fraction of sp³-hybridized carbons (Fsp3) is 0.278. The summed E-state index contributed by atoms with van der Waals surface area (Å²) in [4.78, 5) is 14.3. The average molecular weight is 332 g/mol. The number of phenols is 1. The summed E-state index contributed by atoms with van der Waals surface area (Å²) in [6, 6.07) is 12.8. The minimum Gasteiger partial charge on any atom is -0.506 e. The lowest BCUT2D eigenvalue weighted by molar-refractivity contribution is 0.0471. The molecule has 0 bridgehead atoms. The maximum Gasteiger partial charge on any atom is 0.257 e. The standard InChI is InChI=1S/C18H18ClNO3/c19-16-10-13(12-5-2-1-3-6-12)9-15(17(16)22)18(23)20-8-4-7-14(21)11-20/h1-3,5-6,9-10,14,21-22H,4,7-8,11H2. The van der Waals surface area contributed by atoms with Crippen molar-refractivity contribution in [1.29, 1.82) is 0 Å². The molecule has 1 fully saturated rings. The second-order valence-corrected chi connectivity index (χ2v) is 6.17. The highest BCUT2D eigenvalue weighted by Gasteiger charge is 2.26. The fourth-order valence-corrected chi connectivity index (χ4v) is 3.09. The largest absolute Gasteiger partial charge is 0.506 e. The van der Waals surface area contributed by atoms with Crippen molar-refractivity contribution in [3.63, 3.8) is 0 Å². The molecule has 0 aliphatic carbocycles. The van der Waals surface area contributed by atoms with Gasteiger partial charge in [0.1, 0.15) is 5.75 Å². The van der Waals surface area contributed by atoms with Crippen LogP contribution in [0.1, 0.15) is 23.2 Å². The van der Waals surface area contributed by atoms with E-state index in [1.165, 1.54) is 0 Å². The number of aliphatic hydroxyl groups is 1. The van der Waals surface area contributed by atoms with E-state index in [9.17, 15) is 15.0 Å². The number of carbonyl (C=O) groups excluding carboxylic acids is 1. The first-order chi connectivity index (χ1) is 11.1. The number of β-amino-alcohol motifs (C(OH)–C–C–N with tert-alkyl or cyclic N) is 1. The molecule has 1 unspecified atom stereocenters. The number of piperidine rings is 1. The molecular formula is C18H18ClNO3. The van der Waals surface area contributed by atoms with Crippen LogP contribution in [-0.2, 0) is 0 Å². The Bertz CT molecular complexity index is 718. The van der Waals surface area contributed by atoms with E-state index in [2.05, 4.69) is 0 Å². The molecule has 1 aliphatic rings. The summed E-state index contributed by atoms with van der Waals surface area (Å²) in [5.41, 5.74) is 1.86. The Morgan fingerprint density at radius 2 is 1.91 bits per heavy atom. The molecule has 5 heteroatoms. The van der Waals surface area contributed by atoms with Crippen molar-refractivity contribution in [3.8, 4) is 16.9 Å². The third-order valence-electron chi connectivity index (χ3n) is 4.08. The fourth-order valence-electron chi connectivity index (χ4n) is 2.87. The Morgan fingerprint density at radius 3 is 2.61 bits per heavy atom. The number of nitrogens with zero attached hydrogens (tertiary/aromatic N) is 1. The summed E-state index contributed by atoms with van der Waals surface area (Å²) < 4.78 is 0. The van der Waals surface area contributed by atoms with Crippen molar-refractivity contribution in [1.82, 2.24) is 4.90 Å². The quantitative estimate of drug-likeness (QED) is 0.887. The molecule has 0 radical (unpaired) electrons. The van der Waals surface area contributed by atoms with E-state index in [1.54, 1.807) is 17.0 Å². The SMILES string of the molecule is O=C(c1cc(-c2ccccc2)cc(Cl)c1O)N1CCCC(O)C1. The molecule has 1 saturated heterocycles. The molecule has 120 valence electrons. The molecule has 4 nitrogen and oxygen atoms in total. The lowest BCUT2D eigenvalue weighted by atomic mass is 10.0. The number of halogens is 1.